The van der Waals surface area contributed by atoms with E-state index >= 15 is 0 Å². The van der Waals surface area contributed by atoms with Gasteiger partial charge in [0, 0.05) is 10.6 Å². The van der Waals surface area contributed by atoms with Gasteiger partial charge in [0.1, 0.15) is 13.2 Å². The van der Waals surface area contributed by atoms with E-state index in [9.17, 15) is 5.11 Å². The van der Waals surface area contributed by atoms with E-state index in [-0.39, 0.29) is 0 Å². The van der Waals surface area contributed by atoms with Gasteiger partial charge in [-0.05, 0) is 31.0 Å². The molecule has 19 heavy (non-hydrogen) atoms. The van der Waals surface area contributed by atoms with E-state index in [0.717, 1.165) is 47.8 Å². The van der Waals surface area contributed by atoms with Crippen LogP contribution in [0.5, 0.6) is 11.5 Å². The number of fused-ring (bicyclic) bond motifs is 1. The molecule has 1 saturated carbocycles. The summed E-state index contributed by atoms with van der Waals surface area (Å²) in [6.07, 6.45) is 5.43. The van der Waals surface area contributed by atoms with E-state index in [0.29, 0.717) is 13.2 Å². The molecule has 4 heteroatoms. The Morgan fingerprint density at radius 3 is 2.58 bits per heavy atom. The van der Waals surface area contributed by atoms with Gasteiger partial charge in [-0.25, -0.2) is 0 Å². The molecule has 0 atom stereocenters. The lowest BCUT2D eigenvalue weighted by Crippen LogP contribution is -2.33. The van der Waals surface area contributed by atoms with Crippen LogP contribution in [0.1, 0.15) is 32.1 Å². The molecule has 0 spiro atoms. The molecule has 0 bridgehead atoms. The SMILES string of the molecule is OC1(CSc2ccc3c(c2)OCCO3)CCCCC1. The third-order valence-electron chi connectivity index (χ3n) is 3.81. The highest BCUT2D eigenvalue weighted by Gasteiger charge is 2.29. The number of benzene rings is 1. The van der Waals surface area contributed by atoms with Crippen LogP contribution in [-0.4, -0.2) is 29.7 Å². The van der Waals surface area contributed by atoms with Gasteiger partial charge < -0.3 is 14.6 Å². The van der Waals surface area contributed by atoms with Gasteiger partial charge in [0.2, 0.25) is 0 Å². The number of aliphatic hydroxyl groups is 1. The molecule has 0 saturated heterocycles. The summed E-state index contributed by atoms with van der Waals surface area (Å²) >= 11 is 1.71. The zero-order valence-corrected chi connectivity index (χ0v) is 11.9. The smallest absolute Gasteiger partial charge is 0.162 e. The topological polar surface area (TPSA) is 38.7 Å². The van der Waals surface area contributed by atoms with E-state index in [4.69, 9.17) is 9.47 Å². The van der Waals surface area contributed by atoms with E-state index in [2.05, 4.69) is 0 Å². The first-order valence-electron chi connectivity index (χ1n) is 7.00. The van der Waals surface area contributed by atoms with Crippen molar-refractivity contribution >= 4 is 11.8 Å². The maximum Gasteiger partial charge on any atom is 0.162 e. The van der Waals surface area contributed by atoms with Crippen molar-refractivity contribution in [2.75, 3.05) is 19.0 Å². The van der Waals surface area contributed by atoms with Crippen molar-refractivity contribution in [3.63, 3.8) is 0 Å². The van der Waals surface area contributed by atoms with E-state index in [1.165, 1.54) is 6.42 Å². The Morgan fingerprint density at radius 2 is 1.79 bits per heavy atom. The predicted octanol–water partition coefficient (Wildman–Crippen LogP) is 3.25. The molecule has 0 radical (unpaired) electrons. The Bertz CT molecular complexity index is 441. The van der Waals surface area contributed by atoms with Gasteiger partial charge in [-0.3, -0.25) is 0 Å². The van der Waals surface area contributed by atoms with Gasteiger partial charge in [0.15, 0.2) is 11.5 Å². The molecule has 1 aromatic carbocycles. The maximum atomic E-state index is 10.5. The van der Waals surface area contributed by atoms with Gasteiger partial charge in [-0.15, -0.1) is 11.8 Å². The molecule has 1 aliphatic heterocycles. The van der Waals surface area contributed by atoms with Gasteiger partial charge in [0.05, 0.1) is 5.60 Å². The average molecular weight is 280 g/mol. The molecule has 0 unspecified atom stereocenters. The highest BCUT2D eigenvalue weighted by Crippen LogP contribution is 2.37. The van der Waals surface area contributed by atoms with Crippen LogP contribution in [0.15, 0.2) is 23.1 Å². The van der Waals surface area contributed by atoms with Crippen molar-refractivity contribution in [2.24, 2.45) is 0 Å². The summed E-state index contributed by atoms with van der Waals surface area (Å²) in [7, 11) is 0. The Balaban J connectivity index is 1.63. The van der Waals surface area contributed by atoms with Crippen LogP contribution >= 0.6 is 11.8 Å². The summed E-state index contributed by atoms with van der Waals surface area (Å²) in [4.78, 5) is 1.14. The van der Waals surface area contributed by atoms with Gasteiger partial charge in [0.25, 0.3) is 0 Å². The van der Waals surface area contributed by atoms with Crippen molar-refractivity contribution in [2.45, 2.75) is 42.6 Å². The Hall–Kier alpha value is -0.870. The quantitative estimate of drug-likeness (QED) is 0.863. The Kier molecular flexibility index (Phi) is 3.89. The highest BCUT2D eigenvalue weighted by atomic mass is 32.2. The van der Waals surface area contributed by atoms with Crippen molar-refractivity contribution in [3.8, 4) is 11.5 Å². The van der Waals surface area contributed by atoms with Crippen molar-refractivity contribution in [3.05, 3.63) is 18.2 Å². The molecular weight excluding hydrogens is 260 g/mol. The molecule has 1 heterocycles. The lowest BCUT2D eigenvalue weighted by Gasteiger charge is -2.31. The summed E-state index contributed by atoms with van der Waals surface area (Å²) in [5.74, 6) is 2.42. The Labute approximate surface area is 118 Å². The van der Waals surface area contributed by atoms with Crippen LogP contribution in [0.3, 0.4) is 0 Å². The number of ether oxygens (including phenoxy) is 2. The zero-order valence-electron chi connectivity index (χ0n) is 11.1. The molecule has 0 amide bonds. The summed E-state index contributed by atoms with van der Waals surface area (Å²) in [5.41, 5.74) is -0.476. The molecule has 1 fully saturated rings. The third kappa shape index (κ3) is 3.18. The monoisotopic (exact) mass is 280 g/mol. The minimum absolute atomic E-state index is 0.476. The molecule has 1 aliphatic carbocycles. The highest BCUT2D eigenvalue weighted by molar-refractivity contribution is 7.99. The van der Waals surface area contributed by atoms with Crippen LogP contribution in [0.2, 0.25) is 0 Å². The molecular formula is C15H20O3S. The number of rotatable bonds is 3. The summed E-state index contributed by atoms with van der Waals surface area (Å²) in [6, 6.07) is 6.03. The van der Waals surface area contributed by atoms with Crippen molar-refractivity contribution < 1.29 is 14.6 Å². The van der Waals surface area contributed by atoms with Gasteiger partial charge in [-0.2, -0.15) is 0 Å². The minimum Gasteiger partial charge on any atom is -0.486 e. The second-order valence-corrected chi connectivity index (χ2v) is 6.43. The normalized spacial score (nSPS) is 21.1. The lowest BCUT2D eigenvalue weighted by molar-refractivity contribution is 0.0273. The van der Waals surface area contributed by atoms with Crippen molar-refractivity contribution in [1.29, 1.82) is 0 Å². The molecule has 3 nitrogen and oxygen atoms in total. The largest absolute Gasteiger partial charge is 0.486 e. The molecule has 2 aliphatic rings. The van der Waals surface area contributed by atoms with E-state index in [1.807, 2.05) is 18.2 Å². The fourth-order valence-corrected chi connectivity index (χ4v) is 3.76. The molecule has 104 valence electrons. The predicted molar refractivity (Wildman–Crippen MR) is 76.2 cm³/mol. The average Bonchev–Trinajstić information content (AvgIpc) is 2.46. The Morgan fingerprint density at radius 1 is 1.05 bits per heavy atom. The molecule has 3 rings (SSSR count). The standard InChI is InChI=1S/C15H20O3S/c16-15(6-2-1-3-7-15)11-19-12-4-5-13-14(10-12)18-9-8-17-13/h4-5,10,16H,1-3,6-9,11H2. The third-order valence-corrected chi connectivity index (χ3v) is 5.07. The first-order valence-corrected chi connectivity index (χ1v) is 7.99. The first kappa shape index (κ1) is 13.1. The van der Waals surface area contributed by atoms with Crippen LogP contribution in [0.4, 0.5) is 0 Å². The maximum absolute atomic E-state index is 10.5. The zero-order chi connectivity index (χ0) is 13.1. The summed E-state index contributed by atoms with van der Waals surface area (Å²) in [6.45, 7) is 1.24. The van der Waals surface area contributed by atoms with E-state index in [1.54, 1.807) is 11.8 Å². The minimum atomic E-state index is -0.476. The number of thioether (sulfide) groups is 1. The molecule has 1 aromatic rings. The second-order valence-electron chi connectivity index (χ2n) is 5.38. The summed E-state index contributed by atoms with van der Waals surface area (Å²) in [5, 5.41) is 10.5. The van der Waals surface area contributed by atoms with Crippen molar-refractivity contribution in [1.82, 2.24) is 0 Å². The van der Waals surface area contributed by atoms with Crippen LogP contribution < -0.4 is 9.47 Å². The fraction of sp³-hybridized carbons (Fsp3) is 0.600. The molecule has 1 N–H and O–H groups in total. The number of hydrogen-bond acceptors (Lipinski definition) is 4. The van der Waals surface area contributed by atoms with Crippen LogP contribution in [0.25, 0.3) is 0 Å². The van der Waals surface area contributed by atoms with Gasteiger partial charge in [-0.1, -0.05) is 19.3 Å². The lowest BCUT2D eigenvalue weighted by atomic mass is 9.86. The van der Waals surface area contributed by atoms with E-state index < -0.39 is 5.60 Å². The number of hydrogen-bond donors (Lipinski definition) is 1. The first-order chi connectivity index (χ1) is 9.25. The molecule has 0 aromatic heterocycles. The van der Waals surface area contributed by atoms with Crippen LogP contribution in [0, 0.1) is 0 Å². The second kappa shape index (κ2) is 5.63. The van der Waals surface area contributed by atoms with Gasteiger partial charge >= 0.3 is 0 Å². The summed E-state index contributed by atoms with van der Waals surface area (Å²) < 4.78 is 11.1. The van der Waals surface area contributed by atoms with Crippen LogP contribution in [-0.2, 0) is 0 Å². The fourth-order valence-electron chi connectivity index (χ4n) is 2.69.